The lowest BCUT2D eigenvalue weighted by molar-refractivity contribution is -0.137. The fraction of sp³-hybridized carbons (Fsp3) is 0.235. The Morgan fingerprint density at radius 2 is 1.77 bits per heavy atom. The third-order valence-electron chi connectivity index (χ3n) is 3.24. The van der Waals surface area contributed by atoms with Crippen molar-refractivity contribution in [3.05, 3.63) is 63.6 Å². The van der Waals surface area contributed by atoms with E-state index < -0.39 is 11.7 Å². The summed E-state index contributed by atoms with van der Waals surface area (Å²) in [5.74, 6) is 1.63. The maximum atomic E-state index is 12.8. The Labute approximate surface area is 169 Å². The van der Waals surface area contributed by atoms with Crippen molar-refractivity contribution in [1.29, 1.82) is 0 Å². The van der Waals surface area contributed by atoms with E-state index in [1.165, 1.54) is 17.7 Å². The van der Waals surface area contributed by atoms with Crippen LogP contribution in [0.2, 0.25) is 10.0 Å². The smallest absolute Gasteiger partial charge is 0.362 e. The van der Waals surface area contributed by atoms with Crippen LogP contribution in [0.25, 0.3) is 0 Å². The zero-order valence-corrected chi connectivity index (χ0v) is 16.5. The minimum Gasteiger partial charge on any atom is -0.362 e. The highest BCUT2D eigenvalue weighted by molar-refractivity contribution is 7.98. The number of benzene rings is 2. The number of halogens is 5. The van der Waals surface area contributed by atoms with E-state index in [2.05, 4.69) is 10.6 Å². The van der Waals surface area contributed by atoms with Gasteiger partial charge >= 0.3 is 6.18 Å². The van der Waals surface area contributed by atoms with Gasteiger partial charge in [0.25, 0.3) is 0 Å². The summed E-state index contributed by atoms with van der Waals surface area (Å²) in [5.41, 5.74) is 0.500. The number of alkyl halides is 3. The molecule has 140 valence electrons. The average Bonchev–Trinajstić information content (AvgIpc) is 2.57. The van der Waals surface area contributed by atoms with Crippen LogP contribution in [0, 0.1) is 0 Å². The van der Waals surface area contributed by atoms with Crippen molar-refractivity contribution < 1.29 is 13.2 Å². The summed E-state index contributed by atoms with van der Waals surface area (Å²) in [4.78, 5) is 0. The fourth-order valence-corrected chi connectivity index (χ4v) is 3.39. The fourth-order valence-electron chi connectivity index (χ4n) is 2.00. The topological polar surface area (TPSA) is 24.1 Å². The Morgan fingerprint density at radius 1 is 1.08 bits per heavy atom. The van der Waals surface area contributed by atoms with Gasteiger partial charge in [0.05, 0.1) is 10.6 Å². The second-order valence-electron chi connectivity index (χ2n) is 5.25. The molecule has 26 heavy (non-hydrogen) atoms. The minimum absolute atomic E-state index is 0.230. The van der Waals surface area contributed by atoms with Gasteiger partial charge in [-0.1, -0.05) is 35.3 Å². The first-order chi connectivity index (χ1) is 12.3. The molecule has 0 fully saturated rings. The molecule has 0 aliphatic heterocycles. The quantitative estimate of drug-likeness (QED) is 0.412. The van der Waals surface area contributed by atoms with Gasteiger partial charge < -0.3 is 10.6 Å². The van der Waals surface area contributed by atoms with E-state index >= 15 is 0 Å². The van der Waals surface area contributed by atoms with E-state index in [-0.39, 0.29) is 15.8 Å². The third-order valence-corrected chi connectivity index (χ3v) is 5.10. The Balaban J connectivity index is 1.74. The van der Waals surface area contributed by atoms with Crippen molar-refractivity contribution in [2.24, 2.45) is 0 Å². The molecule has 0 amide bonds. The lowest BCUT2D eigenvalue weighted by Gasteiger charge is -2.14. The number of anilines is 1. The SMILES string of the molecule is FC(F)(F)c1cc(NC(=S)NCCSCc2ccc(Cl)cc2)ccc1Cl. The summed E-state index contributed by atoms with van der Waals surface area (Å²) in [7, 11) is 0. The molecular weight excluding hydrogens is 424 g/mol. The zero-order valence-electron chi connectivity index (χ0n) is 13.4. The monoisotopic (exact) mass is 438 g/mol. The predicted octanol–water partition coefficient (Wildman–Crippen LogP) is 6.23. The number of hydrogen-bond acceptors (Lipinski definition) is 2. The van der Waals surface area contributed by atoms with Gasteiger partial charge in [-0.15, -0.1) is 0 Å². The van der Waals surface area contributed by atoms with Gasteiger partial charge in [-0.3, -0.25) is 0 Å². The van der Waals surface area contributed by atoms with Crippen molar-refractivity contribution in [3.63, 3.8) is 0 Å². The van der Waals surface area contributed by atoms with E-state index in [4.69, 9.17) is 35.4 Å². The highest BCUT2D eigenvalue weighted by atomic mass is 35.5. The normalized spacial score (nSPS) is 11.3. The molecule has 0 aliphatic rings. The highest BCUT2D eigenvalue weighted by Gasteiger charge is 2.33. The molecular formula is C17H15Cl2F3N2S2. The molecule has 2 aromatic carbocycles. The van der Waals surface area contributed by atoms with E-state index in [1.807, 2.05) is 24.3 Å². The van der Waals surface area contributed by atoms with E-state index in [0.29, 0.717) is 11.6 Å². The van der Waals surface area contributed by atoms with Crippen molar-refractivity contribution in [3.8, 4) is 0 Å². The first-order valence-electron chi connectivity index (χ1n) is 7.49. The van der Waals surface area contributed by atoms with Crippen LogP contribution >= 0.6 is 47.2 Å². The average molecular weight is 439 g/mol. The van der Waals surface area contributed by atoms with Crippen LogP contribution in [0.1, 0.15) is 11.1 Å². The van der Waals surface area contributed by atoms with E-state index in [9.17, 15) is 13.2 Å². The van der Waals surface area contributed by atoms with Crippen LogP contribution in [-0.2, 0) is 11.9 Å². The van der Waals surface area contributed by atoms with Crippen LogP contribution in [0.4, 0.5) is 18.9 Å². The zero-order chi connectivity index (χ0) is 19.2. The van der Waals surface area contributed by atoms with Crippen LogP contribution in [0.15, 0.2) is 42.5 Å². The molecule has 0 saturated heterocycles. The first-order valence-corrected chi connectivity index (χ1v) is 9.81. The van der Waals surface area contributed by atoms with Crippen molar-refractivity contribution >= 4 is 58.0 Å². The standard InChI is InChI=1S/C17H15Cl2F3N2S2/c18-12-3-1-11(2-4-12)10-26-8-7-23-16(25)24-13-5-6-15(19)14(9-13)17(20,21)22/h1-6,9H,7-8,10H2,(H2,23,24,25). The van der Waals surface area contributed by atoms with E-state index in [0.717, 1.165) is 17.6 Å². The predicted molar refractivity (Wildman–Crippen MR) is 108 cm³/mol. The molecule has 0 atom stereocenters. The van der Waals surface area contributed by atoms with Crippen LogP contribution < -0.4 is 10.6 Å². The number of thioether (sulfide) groups is 1. The summed E-state index contributed by atoms with van der Waals surface area (Å²) in [6.45, 7) is 0.587. The van der Waals surface area contributed by atoms with Gasteiger partial charge in [-0.2, -0.15) is 24.9 Å². The molecule has 0 radical (unpaired) electrons. The lowest BCUT2D eigenvalue weighted by Crippen LogP contribution is -2.30. The van der Waals surface area contributed by atoms with Crippen molar-refractivity contribution in [2.75, 3.05) is 17.6 Å². The summed E-state index contributed by atoms with van der Waals surface area (Å²) < 4.78 is 38.5. The Bertz CT molecular complexity index is 753. The maximum absolute atomic E-state index is 12.8. The van der Waals surface area contributed by atoms with Crippen molar-refractivity contribution in [1.82, 2.24) is 5.32 Å². The van der Waals surface area contributed by atoms with Crippen LogP contribution in [-0.4, -0.2) is 17.4 Å². The minimum atomic E-state index is -4.51. The number of rotatable bonds is 6. The molecule has 0 aromatic heterocycles. The molecule has 0 saturated carbocycles. The molecule has 0 aliphatic carbocycles. The molecule has 0 unspecified atom stereocenters. The second kappa shape index (κ2) is 9.69. The second-order valence-corrected chi connectivity index (χ2v) is 7.61. The molecule has 2 aromatic rings. The van der Waals surface area contributed by atoms with Gasteiger partial charge in [0.15, 0.2) is 5.11 Å². The number of hydrogen-bond donors (Lipinski definition) is 2. The first kappa shape index (κ1) is 21.2. The summed E-state index contributed by atoms with van der Waals surface area (Å²) in [5, 5.41) is 6.31. The Hall–Kier alpha value is -1.15. The number of nitrogens with one attached hydrogen (secondary N) is 2. The van der Waals surface area contributed by atoms with E-state index in [1.54, 1.807) is 11.8 Å². The van der Waals surface area contributed by atoms with Gasteiger partial charge in [0, 0.05) is 28.8 Å². The maximum Gasteiger partial charge on any atom is 0.417 e. The summed E-state index contributed by atoms with van der Waals surface area (Å²) >= 11 is 18.2. The Morgan fingerprint density at radius 3 is 2.42 bits per heavy atom. The Kier molecular flexibility index (Phi) is 7.88. The molecule has 2 N–H and O–H groups in total. The molecule has 0 bridgehead atoms. The van der Waals surface area contributed by atoms with Gasteiger partial charge in [0.2, 0.25) is 0 Å². The van der Waals surface area contributed by atoms with Gasteiger partial charge in [-0.25, -0.2) is 0 Å². The lowest BCUT2D eigenvalue weighted by atomic mass is 10.2. The molecule has 2 nitrogen and oxygen atoms in total. The summed E-state index contributed by atoms with van der Waals surface area (Å²) in [6, 6.07) is 11.2. The van der Waals surface area contributed by atoms with Crippen LogP contribution in [0.3, 0.4) is 0 Å². The molecule has 9 heteroatoms. The molecule has 0 spiro atoms. The molecule has 0 heterocycles. The largest absolute Gasteiger partial charge is 0.417 e. The summed E-state index contributed by atoms with van der Waals surface area (Å²) in [6.07, 6.45) is -4.51. The molecule has 2 rings (SSSR count). The van der Waals surface area contributed by atoms with Gasteiger partial charge in [-0.05, 0) is 48.1 Å². The van der Waals surface area contributed by atoms with Gasteiger partial charge in [0.1, 0.15) is 0 Å². The third kappa shape index (κ3) is 6.87. The number of thiocarbonyl (C=S) groups is 1. The van der Waals surface area contributed by atoms with Crippen molar-refractivity contribution in [2.45, 2.75) is 11.9 Å². The van der Waals surface area contributed by atoms with Crippen LogP contribution in [0.5, 0.6) is 0 Å². The highest BCUT2D eigenvalue weighted by Crippen LogP contribution is 2.36.